The zero-order valence-corrected chi connectivity index (χ0v) is 17.7. The third-order valence-electron chi connectivity index (χ3n) is 5.82. The third kappa shape index (κ3) is 3.87. The van der Waals surface area contributed by atoms with E-state index in [1.54, 1.807) is 0 Å². The van der Waals surface area contributed by atoms with Crippen molar-refractivity contribution in [3.63, 3.8) is 0 Å². The molecule has 2 aromatic heterocycles. The van der Waals surface area contributed by atoms with Crippen LogP contribution in [0.2, 0.25) is 0 Å². The molecule has 2 aliphatic rings. The molecule has 0 atom stereocenters. The highest BCUT2D eigenvalue weighted by atomic mass is 32.1. The molecule has 150 valence electrons. The Morgan fingerprint density at radius 3 is 2.90 bits per heavy atom. The summed E-state index contributed by atoms with van der Waals surface area (Å²) in [6.07, 6.45) is 10.8. The maximum atomic E-state index is 4.76. The first-order chi connectivity index (χ1) is 14.3. The molecule has 29 heavy (non-hydrogen) atoms. The number of fused-ring (bicyclic) bond motifs is 1. The van der Waals surface area contributed by atoms with Crippen LogP contribution in [0.1, 0.15) is 31.7 Å². The van der Waals surface area contributed by atoms with Crippen LogP contribution in [0.25, 0.3) is 15.8 Å². The number of aryl methyl sites for hydroxylation is 1. The van der Waals surface area contributed by atoms with E-state index in [1.807, 2.05) is 34.5 Å². The van der Waals surface area contributed by atoms with Gasteiger partial charge in [-0.3, -0.25) is 9.89 Å². The van der Waals surface area contributed by atoms with Crippen molar-refractivity contribution < 1.29 is 0 Å². The lowest BCUT2D eigenvalue weighted by Gasteiger charge is -2.20. The lowest BCUT2D eigenvalue weighted by Crippen LogP contribution is -2.25. The molecule has 1 fully saturated rings. The van der Waals surface area contributed by atoms with Crippen LogP contribution in [0.3, 0.4) is 0 Å². The maximum absolute atomic E-state index is 4.76. The van der Waals surface area contributed by atoms with Gasteiger partial charge in [0.2, 0.25) is 0 Å². The number of anilines is 1. The molecule has 1 aromatic carbocycles. The zero-order chi connectivity index (χ0) is 19.6. The van der Waals surface area contributed by atoms with Gasteiger partial charge in [0.25, 0.3) is 0 Å². The summed E-state index contributed by atoms with van der Waals surface area (Å²) in [5.74, 6) is 1.01. The molecule has 0 amide bonds. The van der Waals surface area contributed by atoms with Crippen molar-refractivity contribution in [2.75, 3.05) is 31.5 Å². The molecular formula is C23H27N5S. The smallest absolute Gasteiger partial charge is 0.125 e. The number of dihydropyridines is 1. The van der Waals surface area contributed by atoms with E-state index in [0.717, 1.165) is 37.5 Å². The van der Waals surface area contributed by atoms with E-state index in [1.165, 1.54) is 52.2 Å². The Bertz CT molecular complexity index is 1050. The molecule has 1 N–H and O–H groups in total. The number of hydrogen-bond acceptors (Lipinski definition) is 5. The van der Waals surface area contributed by atoms with Crippen LogP contribution < -0.4 is 5.32 Å². The fraction of sp³-hybridized carbons (Fsp3) is 0.391. The van der Waals surface area contributed by atoms with E-state index in [0.29, 0.717) is 0 Å². The first-order valence-electron chi connectivity index (χ1n) is 10.6. The van der Waals surface area contributed by atoms with Crippen molar-refractivity contribution in [3.8, 4) is 5.69 Å². The van der Waals surface area contributed by atoms with Crippen molar-refractivity contribution in [1.29, 1.82) is 0 Å². The number of hydrogen-bond donors (Lipinski definition) is 1. The van der Waals surface area contributed by atoms with Gasteiger partial charge in [-0.15, -0.1) is 11.3 Å². The summed E-state index contributed by atoms with van der Waals surface area (Å²) in [6.45, 7) is 6.70. The molecule has 0 radical (unpaired) electrons. The minimum Gasteiger partial charge on any atom is -0.332 e. The molecule has 2 aliphatic heterocycles. The number of thiophene rings is 1. The SMILES string of the molecule is CCc1c(NC2=NCCC(CN3CCCC3)=C2)sc2cc(-n3cccn3)ccc12. The molecule has 5 rings (SSSR count). The monoisotopic (exact) mass is 405 g/mol. The Hall–Kier alpha value is -2.44. The van der Waals surface area contributed by atoms with Gasteiger partial charge >= 0.3 is 0 Å². The van der Waals surface area contributed by atoms with Gasteiger partial charge in [-0.2, -0.15) is 5.10 Å². The standard InChI is InChI=1S/C23H27N5S/c1-2-19-20-7-6-18(28-13-5-9-25-28)15-21(20)29-23(19)26-22-14-17(8-10-24-22)16-27-11-3-4-12-27/h5-7,9,13-15H,2-4,8,10-12,16H2,1H3,(H,24,26). The predicted octanol–water partition coefficient (Wildman–Crippen LogP) is 4.89. The summed E-state index contributed by atoms with van der Waals surface area (Å²) < 4.78 is 3.20. The molecule has 4 heterocycles. The average molecular weight is 406 g/mol. The number of aliphatic imine (C=N–C) groups is 1. The minimum atomic E-state index is 0.887. The van der Waals surface area contributed by atoms with Gasteiger partial charge in [0, 0.05) is 30.2 Å². The second-order valence-corrected chi connectivity index (χ2v) is 8.87. The van der Waals surface area contributed by atoms with Gasteiger partial charge in [-0.1, -0.05) is 18.6 Å². The van der Waals surface area contributed by atoms with Crippen molar-refractivity contribution >= 4 is 32.3 Å². The highest BCUT2D eigenvalue weighted by Gasteiger charge is 2.17. The Morgan fingerprint density at radius 2 is 2.10 bits per heavy atom. The number of amidine groups is 1. The number of benzene rings is 1. The van der Waals surface area contributed by atoms with Gasteiger partial charge in [0.15, 0.2) is 0 Å². The Labute approximate surface area is 175 Å². The van der Waals surface area contributed by atoms with Crippen molar-refractivity contribution in [3.05, 3.63) is 53.9 Å². The Balaban J connectivity index is 1.40. The van der Waals surface area contributed by atoms with Gasteiger partial charge in [-0.05, 0) is 74.0 Å². The second-order valence-electron chi connectivity index (χ2n) is 7.82. The summed E-state index contributed by atoms with van der Waals surface area (Å²) in [7, 11) is 0. The minimum absolute atomic E-state index is 0.887. The van der Waals surface area contributed by atoms with Crippen LogP contribution in [-0.4, -0.2) is 46.7 Å². The molecule has 0 spiro atoms. The summed E-state index contributed by atoms with van der Waals surface area (Å²) in [5, 5.41) is 10.6. The second kappa shape index (κ2) is 8.13. The molecule has 0 aliphatic carbocycles. The van der Waals surface area contributed by atoms with E-state index < -0.39 is 0 Å². The normalized spacial score (nSPS) is 17.6. The number of likely N-dealkylation sites (tertiary alicyclic amines) is 1. The Morgan fingerprint density at radius 1 is 1.21 bits per heavy atom. The summed E-state index contributed by atoms with van der Waals surface area (Å²) in [5.41, 5.74) is 3.98. The number of nitrogens with zero attached hydrogens (tertiary/aromatic N) is 4. The number of rotatable bonds is 5. The largest absolute Gasteiger partial charge is 0.332 e. The highest BCUT2D eigenvalue weighted by molar-refractivity contribution is 7.23. The van der Waals surface area contributed by atoms with E-state index in [-0.39, 0.29) is 0 Å². The van der Waals surface area contributed by atoms with Crippen LogP contribution in [0.4, 0.5) is 5.00 Å². The Kier molecular flexibility index (Phi) is 5.21. The molecule has 6 heteroatoms. The van der Waals surface area contributed by atoms with E-state index in [4.69, 9.17) is 4.99 Å². The zero-order valence-electron chi connectivity index (χ0n) is 16.9. The molecule has 0 bridgehead atoms. The lowest BCUT2D eigenvalue weighted by molar-refractivity contribution is 0.364. The molecule has 3 aromatic rings. The van der Waals surface area contributed by atoms with Crippen LogP contribution in [-0.2, 0) is 6.42 Å². The van der Waals surface area contributed by atoms with E-state index in [9.17, 15) is 0 Å². The van der Waals surface area contributed by atoms with Crippen LogP contribution in [0.5, 0.6) is 0 Å². The van der Waals surface area contributed by atoms with E-state index >= 15 is 0 Å². The molecule has 0 unspecified atom stereocenters. The van der Waals surface area contributed by atoms with Crippen molar-refractivity contribution in [2.24, 2.45) is 4.99 Å². The van der Waals surface area contributed by atoms with Crippen LogP contribution in [0, 0.1) is 0 Å². The van der Waals surface area contributed by atoms with Crippen molar-refractivity contribution in [1.82, 2.24) is 14.7 Å². The molecule has 1 saturated heterocycles. The average Bonchev–Trinajstić information content (AvgIpc) is 3.49. The lowest BCUT2D eigenvalue weighted by atomic mass is 10.1. The van der Waals surface area contributed by atoms with Gasteiger partial charge in [0.05, 0.1) is 10.7 Å². The first-order valence-corrected chi connectivity index (χ1v) is 11.4. The molecule has 5 nitrogen and oxygen atoms in total. The summed E-state index contributed by atoms with van der Waals surface area (Å²) >= 11 is 1.81. The third-order valence-corrected chi connectivity index (χ3v) is 6.93. The summed E-state index contributed by atoms with van der Waals surface area (Å²) in [6, 6.07) is 8.56. The van der Waals surface area contributed by atoms with Crippen LogP contribution >= 0.6 is 11.3 Å². The van der Waals surface area contributed by atoms with Crippen molar-refractivity contribution in [2.45, 2.75) is 32.6 Å². The fourth-order valence-electron chi connectivity index (χ4n) is 4.33. The molecule has 0 saturated carbocycles. The number of aromatic nitrogens is 2. The summed E-state index contributed by atoms with van der Waals surface area (Å²) in [4.78, 5) is 7.33. The highest BCUT2D eigenvalue weighted by Crippen LogP contribution is 2.37. The molecular weight excluding hydrogens is 378 g/mol. The first kappa shape index (κ1) is 18.6. The maximum Gasteiger partial charge on any atom is 0.125 e. The topological polar surface area (TPSA) is 45.5 Å². The number of nitrogens with one attached hydrogen (secondary N) is 1. The van der Waals surface area contributed by atoms with Gasteiger partial charge in [0.1, 0.15) is 5.84 Å². The van der Waals surface area contributed by atoms with Crippen LogP contribution in [0.15, 0.2) is 53.3 Å². The van der Waals surface area contributed by atoms with Gasteiger partial charge in [-0.25, -0.2) is 4.68 Å². The predicted molar refractivity (Wildman–Crippen MR) is 123 cm³/mol. The van der Waals surface area contributed by atoms with E-state index in [2.05, 4.69) is 46.5 Å². The van der Waals surface area contributed by atoms with Gasteiger partial charge < -0.3 is 5.32 Å². The fourth-order valence-corrected chi connectivity index (χ4v) is 5.56. The quantitative estimate of drug-likeness (QED) is 0.658.